The van der Waals surface area contributed by atoms with Gasteiger partial charge in [0.2, 0.25) is 0 Å². The maximum absolute atomic E-state index is 5.71. The quantitative estimate of drug-likeness (QED) is 0.600. The van der Waals surface area contributed by atoms with Gasteiger partial charge in [0.15, 0.2) is 0 Å². The molecule has 1 unspecified atom stereocenters. The van der Waals surface area contributed by atoms with Crippen LogP contribution in [0.2, 0.25) is 0 Å². The van der Waals surface area contributed by atoms with E-state index in [9.17, 15) is 0 Å². The van der Waals surface area contributed by atoms with E-state index in [1.54, 1.807) is 0 Å². The van der Waals surface area contributed by atoms with Crippen molar-refractivity contribution >= 4 is 0 Å². The van der Waals surface area contributed by atoms with Crippen molar-refractivity contribution in [3.63, 3.8) is 0 Å². The average Bonchev–Trinajstić information content (AvgIpc) is 2.28. The largest absolute Gasteiger partial charge is 0.374 e. The molecule has 16 heavy (non-hydrogen) atoms. The third-order valence-electron chi connectivity index (χ3n) is 3.29. The first-order valence-electron chi connectivity index (χ1n) is 6.96. The molecule has 94 valence electrons. The van der Waals surface area contributed by atoms with Crippen LogP contribution in [0.25, 0.3) is 0 Å². The van der Waals surface area contributed by atoms with Crippen molar-refractivity contribution in [3.05, 3.63) is 12.2 Å². The van der Waals surface area contributed by atoms with E-state index in [1.807, 2.05) is 0 Å². The molecule has 0 N–H and O–H groups in total. The van der Waals surface area contributed by atoms with Crippen LogP contribution in [-0.2, 0) is 4.74 Å². The van der Waals surface area contributed by atoms with Crippen LogP contribution >= 0.6 is 0 Å². The lowest BCUT2D eigenvalue weighted by molar-refractivity contribution is 0.0760. The summed E-state index contributed by atoms with van der Waals surface area (Å²) in [5.41, 5.74) is 0. The maximum atomic E-state index is 5.71. The number of hydrogen-bond donors (Lipinski definition) is 0. The predicted octanol–water partition coefficient (Wildman–Crippen LogP) is 4.57. The Morgan fingerprint density at radius 1 is 1.12 bits per heavy atom. The number of rotatable bonds is 6. The van der Waals surface area contributed by atoms with Gasteiger partial charge in [-0.1, -0.05) is 58.1 Å². The first kappa shape index (κ1) is 13.8. The van der Waals surface area contributed by atoms with Gasteiger partial charge in [-0.3, -0.25) is 0 Å². The molecule has 1 aliphatic rings. The molecule has 0 aliphatic heterocycles. The van der Waals surface area contributed by atoms with Crippen molar-refractivity contribution in [2.75, 3.05) is 6.61 Å². The third-order valence-corrected chi connectivity index (χ3v) is 3.29. The fourth-order valence-corrected chi connectivity index (χ4v) is 2.29. The average molecular weight is 224 g/mol. The summed E-state index contributed by atoms with van der Waals surface area (Å²) in [5, 5.41) is 0. The second kappa shape index (κ2) is 7.89. The van der Waals surface area contributed by atoms with Crippen molar-refractivity contribution in [2.24, 2.45) is 11.8 Å². The highest BCUT2D eigenvalue weighted by Gasteiger charge is 2.11. The smallest absolute Gasteiger partial charge is 0.0727 e. The zero-order valence-electron chi connectivity index (χ0n) is 11.2. The van der Waals surface area contributed by atoms with Gasteiger partial charge in [-0.2, -0.15) is 0 Å². The molecule has 1 heteroatoms. The molecule has 0 radical (unpaired) electrons. The summed E-state index contributed by atoms with van der Waals surface area (Å²) in [6, 6.07) is 0. The lowest BCUT2D eigenvalue weighted by Crippen LogP contribution is -2.10. The fraction of sp³-hybridized carbons (Fsp3) is 0.867. The van der Waals surface area contributed by atoms with Crippen LogP contribution in [0.5, 0.6) is 0 Å². The van der Waals surface area contributed by atoms with E-state index in [2.05, 4.69) is 32.9 Å². The van der Waals surface area contributed by atoms with Gasteiger partial charge >= 0.3 is 0 Å². The second-order valence-electron chi connectivity index (χ2n) is 5.60. The molecular weight excluding hydrogens is 196 g/mol. The molecule has 0 heterocycles. The van der Waals surface area contributed by atoms with Gasteiger partial charge in [-0.15, -0.1) is 0 Å². The molecule has 1 fully saturated rings. The predicted molar refractivity (Wildman–Crippen MR) is 70.6 cm³/mol. The zero-order chi connectivity index (χ0) is 11.8. The second-order valence-corrected chi connectivity index (χ2v) is 5.60. The summed E-state index contributed by atoms with van der Waals surface area (Å²) in [6.07, 6.45) is 13.3. The van der Waals surface area contributed by atoms with Gasteiger partial charge in [-0.05, 0) is 25.2 Å². The summed E-state index contributed by atoms with van der Waals surface area (Å²) < 4.78 is 5.71. The van der Waals surface area contributed by atoms with Crippen LogP contribution in [0.1, 0.15) is 59.3 Å². The van der Waals surface area contributed by atoms with Crippen molar-refractivity contribution in [1.29, 1.82) is 0 Å². The standard InChI is InChI=1S/C15H28O/c1-13(2)12-16-14(3)8-7-11-15-9-5-4-6-10-15/h7-8,13-15H,4-6,9-12H2,1-3H3/b8-7+. The molecule has 1 aliphatic carbocycles. The van der Waals surface area contributed by atoms with Crippen LogP contribution < -0.4 is 0 Å². The van der Waals surface area contributed by atoms with Gasteiger partial charge in [0.05, 0.1) is 6.10 Å². The summed E-state index contributed by atoms with van der Waals surface area (Å²) >= 11 is 0. The molecule has 0 amide bonds. The Morgan fingerprint density at radius 2 is 1.81 bits per heavy atom. The Balaban J connectivity index is 2.10. The van der Waals surface area contributed by atoms with Crippen molar-refractivity contribution in [3.8, 4) is 0 Å². The highest BCUT2D eigenvalue weighted by atomic mass is 16.5. The Labute approximate surface area is 101 Å². The molecule has 0 spiro atoms. The van der Waals surface area contributed by atoms with E-state index in [0.29, 0.717) is 5.92 Å². The van der Waals surface area contributed by atoms with Crippen molar-refractivity contribution < 1.29 is 4.74 Å². The minimum atomic E-state index is 0.283. The third kappa shape index (κ3) is 6.32. The van der Waals surface area contributed by atoms with Crippen LogP contribution in [0.15, 0.2) is 12.2 Å². The molecular formula is C15H28O. The number of ether oxygens (including phenoxy) is 1. The van der Waals surface area contributed by atoms with Crippen LogP contribution in [-0.4, -0.2) is 12.7 Å². The molecule has 0 aromatic carbocycles. The molecule has 0 bridgehead atoms. The monoisotopic (exact) mass is 224 g/mol. The Bertz CT molecular complexity index is 190. The van der Waals surface area contributed by atoms with Gasteiger partial charge in [0.25, 0.3) is 0 Å². The molecule has 0 aromatic heterocycles. The Hall–Kier alpha value is -0.300. The minimum absolute atomic E-state index is 0.283. The maximum Gasteiger partial charge on any atom is 0.0727 e. The summed E-state index contributed by atoms with van der Waals surface area (Å²) in [5.74, 6) is 1.58. The van der Waals surface area contributed by atoms with Gasteiger partial charge in [-0.25, -0.2) is 0 Å². The van der Waals surface area contributed by atoms with E-state index < -0.39 is 0 Å². The van der Waals surface area contributed by atoms with Gasteiger partial charge in [0, 0.05) is 6.61 Å². The number of allylic oxidation sites excluding steroid dienone is 1. The van der Waals surface area contributed by atoms with Gasteiger partial charge in [0.1, 0.15) is 0 Å². The van der Waals surface area contributed by atoms with Crippen molar-refractivity contribution in [2.45, 2.75) is 65.4 Å². The summed E-state index contributed by atoms with van der Waals surface area (Å²) in [6.45, 7) is 7.39. The van der Waals surface area contributed by atoms with Crippen LogP contribution in [0, 0.1) is 11.8 Å². The topological polar surface area (TPSA) is 9.23 Å². The lowest BCUT2D eigenvalue weighted by Gasteiger charge is -2.20. The molecule has 1 atom stereocenters. The first-order valence-corrected chi connectivity index (χ1v) is 6.96. The van der Waals surface area contributed by atoms with Crippen LogP contribution in [0.4, 0.5) is 0 Å². The fourth-order valence-electron chi connectivity index (χ4n) is 2.29. The van der Waals surface area contributed by atoms with Crippen LogP contribution in [0.3, 0.4) is 0 Å². The van der Waals surface area contributed by atoms with E-state index >= 15 is 0 Å². The Kier molecular flexibility index (Phi) is 6.79. The normalized spacial score (nSPS) is 20.8. The first-order chi connectivity index (χ1) is 7.68. The minimum Gasteiger partial charge on any atom is -0.374 e. The zero-order valence-corrected chi connectivity index (χ0v) is 11.2. The SMILES string of the molecule is CC(C)COC(C)/C=C/CC1CCCCC1. The van der Waals surface area contributed by atoms with E-state index in [4.69, 9.17) is 4.74 Å². The van der Waals surface area contributed by atoms with E-state index in [0.717, 1.165) is 12.5 Å². The summed E-state index contributed by atoms with van der Waals surface area (Å²) in [4.78, 5) is 0. The Morgan fingerprint density at radius 3 is 2.44 bits per heavy atom. The molecule has 1 nitrogen and oxygen atoms in total. The molecule has 0 aromatic rings. The van der Waals surface area contributed by atoms with E-state index in [1.165, 1.54) is 38.5 Å². The van der Waals surface area contributed by atoms with Crippen molar-refractivity contribution in [1.82, 2.24) is 0 Å². The molecule has 1 saturated carbocycles. The number of hydrogen-bond acceptors (Lipinski definition) is 1. The lowest BCUT2D eigenvalue weighted by atomic mass is 9.87. The highest BCUT2D eigenvalue weighted by molar-refractivity contribution is 4.89. The molecule has 0 saturated heterocycles. The van der Waals surface area contributed by atoms with Gasteiger partial charge < -0.3 is 4.74 Å². The molecule has 1 rings (SSSR count). The highest BCUT2D eigenvalue weighted by Crippen LogP contribution is 2.26. The summed E-state index contributed by atoms with van der Waals surface area (Å²) in [7, 11) is 0. The van der Waals surface area contributed by atoms with E-state index in [-0.39, 0.29) is 6.10 Å².